The first kappa shape index (κ1) is 9.41. The fourth-order valence-electron chi connectivity index (χ4n) is 2.51. The van der Waals surface area contributed by atoms with E-state index in [1.54, 1.807) is 0 Å². The highest BCUT2D eigenvalue weighted by atomic mass is 19.1. The van der Waals surface area contributed by atoms with Crippen LogP contribution in [-0.4, -0.2) is 43.3 Å². The van der Waals surface area contributed by atoms with Crippen LogP contribution in [0.3, 0.4) is 0 Å². The Morgan fingerprint density at radius 3 is 2.69 bits per heavy atom. The molecule has 2 aliphatic heterocycles. The maximum absolute atomic E-state index is 13.8. The van der Waals surface area contributed by atoms with Crippen LogP contribution in [0.2, 0.25) is 0 Å². The lowest BCUT2D eigenvalue weighted by Gasteiger charge is -2.46. The van der Waals surface area contributed by atoms with Crippen molar-refractivity contribution in [2.24, 2.45) is 0 Å². The molecule has 2 aliphatic rings. The van der Waals surface area contributed by atoms with Gasteiger partial charge in [-0.05, 0) is 52.4 Å². The van der Waals surface area contributed by atoms with Gasteiger partial charge in [-0.25, -0.2) is 4.39 Å². The molecule has 3 heteroatoms. The van der Waals surface area contributed by atoms with Gasteiger partial charge in [0, 0.05) is 0 Å². The van der Waals surface area contributed by atoms with Gasteiger partial charge < -0.3 is 10.2 Å². The highest BCUT2D eigenvalue weighted by Crippen LogP contribution is 2.32. The van der Waals surface area contributed by atoms with E-state index in [9.17, 15) is 4.39 Å². The van der Waals surface area contributed by atoms with Gasteiger partial charge in [-0.2, -0.15) is 0 Å². The fourth-order valence-corrected chi connectivity index (χ4v) is 2.51. The Kier molecular flexibility index (Phi) is 2.56. The average Bonchev–Trinajstić information content (AvgIpc) is 2.15. The van der Waals surface area contributed by atoms with E-state index < -0.39 is 6.17 Å². The third kappa shape index (κ3) is 1.72. The van der Waals surface area contributed by atoms with E-state index in [0.29, 0.717) is 0 Å². The first-order valence-electron chi connectivity index (χ1n) is 5.31. The van der Waals surface area contributed by atoms with Crippen LogP contribution in [0.1, 0.15) is 25.7 Å². The molecule has 1 unspecified atom stereocenters. The number of likely N-dealkylation sites (tertiary alicyclic amines) is 1. The monoisotopic (exact) mass is 186 g/mol. The van der Waals surface area contributed by atoms with Crippen LogP contribution >= 0.6 is 0 Å². The Morgan fingerprint density at radius 2 is 2.08 bits per heavy atom. The normalized spacial score (nSPS) is 35.1. The molecule has 0 aromatic rings. The zero-order valence-electron chi connectivity index (χ0n) is 8.35. The smallest absolute Gasteiger partial charge is 0.118 e. The lowest BCUT2D eigenvalue weighted by molar-refractivity contribution is 0.0482. The molecule has 0 saturated carbocycles. The standard InChI is InChI=1S/C10H19FN2/c1-13-7-4-10(5-8-13)9(11)3-2-6-12-10/h9,12H,2-8H2,1H3. The number of nitrogens with zero attached hydrogens (tertiary/aromatic N) is 1. The minimum atomic E-state index is -0.616. The van der Waals surface area contributed by atoms with Gasteiger partial charge in [0.15, 0.2) is 0 Å². The van der Waals surface area contributed by atoms with Crippen LogP contribution in [0.4, 0.5) is 4.39 Å². The number of hydrogen-bond donors (Lipinski definition) is 1. The summed E-state index contributed by atoms with van der Waals surface area (Å²) in [6.07, 6.45) is 3.10. The van der Waals surface area contributed by atoms with Crippen molar-refractivity contribution >= 4 is 0 Å². The molecule has 76 valence electrons. The summed E-state index contributed by atoms with van der Waals surface area (Å²) in [5.41, 5.74) is -0.162. The Morgan fingerprint density at radius 1 is 1.38 bits per heavy atom. The molecule has 2 heterocycles. The fraction of sp³-hybridized carbons (Fsp3) is 1.00. The van der Waals surface area contributed by atoms with E-state index in [0.717, 1.165) is 45.3 Å². The summed E-state index contributed by atoms with van der Waals surface area (Å²) in [5.74, 6) is 0. The second-order valence-corrected chi connectivity index (χ2v) is 4.50. The molecule has 1 spiro atoms. The predicted molar refractivity (Wildman–Crippen MR) is 51.6 cm³/mol. The molecule has 1 atom stereocenters. The molecule has 2 nitrogen and oxygen atoms in total. The van der Waals surface area contributed by atoms with Gasteiger partial charge in [0.2, 0.25) is 0 Å². The third-order valence-electron chi connectivity index (χ3n) is 3.59. The van der Waals surface area contributed by atoms with Crippen LogP contribution in [-0.2, 0) is 0 Å². The molecule has 2 saturated heterocycles. The average molecular weight is 186 g/mol. The van der Waals surface area contributed by atoms with Crippen molar-refractivity contribution in [3.05, 3.63) is 0 Å². The molecule has 0 radical (unpaired) electrons. The molecular formula is C10H19FN2. The van der Waals surface area contributed by atoms with Crippen LogP contribution in [0.15, 0.2) is 0 Å². The second-order valence-electron chi connectivity index (χ2n) is 4.50. The molecule has 0 amide bonds. The summed E-state index contributed by atoms with van der Waals surface area (Å²) in [7, 11) is 2.11. The maximum atomic E-state index is 13.8. The van der Waals surface area contributed by atoms with Crippen LogP contribution in [0.5, 0.6) is 0 Å². The van der Waals surface area contributed by atoms with Crippen LogP contribution in [0, 0.1) is 0 Å². The summed E-state index contributed by atoms with van der Waals surface area (Å²) in [4.78, 5) is 2.29. The highest BCUT2D eigenvalue weighted by molar-refractivity contribution is 5.00. The number of halogens is 1. The lowest BCUT2D eigenvalue weighted by atomic mass is 9.79. The number of piperidine rings is 2. The van der Waals surface area contributed by atoms with Gasteiger partial charge in [-0.3, -0.25) is 0 Å². The summed E-state index contributed by atoms with van der Waals surface area (Å²) < 4.78 is 13.8. The molecule has 13 heavy (non-hydrogen) atoms. The Bertz CT molecular complexity index is 176. The molecule has 0 aromatic carbocycles. The number of hydrogen-bond acceptors (Lipinski definition) is 2. The zero-order chi connectivity index (χ0) is 9.31. The van der Waals surface area contributed by atoms with Crippen LogP contribution < -0.4 is 5.32 Å². The highest BCUT2D eigenvalue weighted by Gasteiger charge is 2.42. The van der Waals surface area contributed by atoms with Crippen molar-refractivity contribution in [2.45, 2.75) is 37.4 Å². The number of nitrogens with one attached hydrogen (secondary N) is 1. The number of rotatable bonds is 0. The molecule has 2 rings (SSSR count). The molecule has 1 N–H and O–H groups in total. The molecule has 0 aromatic heterocycles. The summed E-state index contributed by atoms with van der Waals surface area (Å²) >= 11 is 0. The third-order valence-corrected chi connectivity index (χ3v) is 3.59. The van der Waals surface area contributed by atoms with Crippen molar-refractivity contribution in [3.8, 4) is 0 Å². The summed E-state index contributed by atoms with van der Waals surface area (Å²) in [6, 6.07) is 0. The first-order valence-corrected chi connectivity index (χ1v) is 5.31. The van der Waals surface area contributed by atoms with Gasteiger partial charge in [0.05, 0.1) is 5.54 Å². The Balaban J connectivity index is 2.01. The molecular weight excluding hydrogens is 167 g/mol. The maximum Gasteiger partial charge on any atom is 0.118 e. The summed E-state index contributed by atoms with van der Waals surface area (Å²) in [6.45, 7) is 3.07. The molecule has 0 bridgehead atoms. The van der Waals surface area contributed by atoms with E-state index in [1.807, 2.05) is 0 Å². The van der Waals surface area contributed by atoms with Gasteiger partial charge in [0.25, 0.3) is 0 Å². The van der Waals surface area contributed by atoms with Crippen molar-refractivity contribution in [2.75, 3.05) is 26.7 Å². The Hall–Kier alpha value is -0.150. The van der Waals surface area contributed by atoms with E-state index in [2.05, 4.69) is 17.3 Å². The zero-order valence-corrected chi connectivity index (χ0v) is 8.35. The largest absolute Gasteiger partial charge is 0.309 e. The summed E-state index contributed by atoms with van der Waals surface area (Å²) in [5, 5.41) is 3.40. The van der Waals surface area contributed by atoms with E-state index >= 15 is 0 Å². The van der Waals surface area contributed by atoms with Crippen molar-refractivity contribution in [1.82, 2.24) is 10.2 Å². The molecule has 2 fully saturated rings. The minimum Gasteiger partial charge on any atom is -0.309 e. The van der Waals surface area contributed by atoms with Crippen molar-refractivity contribution < 1.29 is 4.39 Å². The first-order chi connectivity index (χ1) is 6.23. The lowest BCUT2D eigenvalue weighted by Crippen LogP contribution is -2.60. The van der Waals surface area contributed by atoms with E-state index in [-0.39, 0.29) is 5.54 Å². The minimum absolute atomic E-state index is 0.162. The van der Waals surface area contributed by atoms with Gasteiger partial charge in [-0.15, -0.1) is 0 Å². The van der Waals surface area contributed by atoms with Crippen molar-refractivity contribution in [3.63, 3.8) is 0 Å². The van der Waals surface area contributed by atoms with Crippen molar-refractivity contribution in [1.29, 1.82) is 0 Å². The second kappa shape index (κ2) is 3.54. The van der Waals surface area contributed by atoms with Gasteiger partial charge in [0.1, 0.15) is 6.17 Å². The number of alkyl halides is 1. The molecule has 0 aliphatic carbocycles. The predicted octanol–water partition coefficient (Wildman–Crippen LogP) is 1.17. The van der Waals surface area contributed by atoms with E-state index in [1.165, 1.54) is 0 Å². The van der Waals surface area contributed by atoms with Crippen LogP contribution in [0.25, 0.3) is 0 Å². The van der Waals surface area contributed by atoms with Gasteiger partial charge >= 0.3 is 0 Å². The van der Waals surface area contributed by atoms with Gasteiger partial charge in [-0.1, -0.05) is 0 Å². The Labute approximate surface area is 79.5 Å². The van der Waals surface area contributed by atoms with E-state index in [4.69, 9.17) is 0 Å². The SMILES string of the molecule is CN1CCC2(CC1)NCCCC2F. The quantitative estimate of drug-likeness (QED) is 0.611. The topological polar surface area (TPSA) is 15.3 Å².